The molecule has 0 amide bonds. The average Bonchev–Trinajstić information content (AvgIpc) is 2.50. The fourth-order valence-corrected chi connectivity index (χ4v) is 2.19. The number of hydrogen-bond donors (Lipinski definition) is 1. The minimum Gasteiger partial charge on any atom is -0.494 e. The topological polar surface area (TPSA) is 29.5 Å². The van der Waals surface area contributed by atoms with Gasteiger partial charge in [0.25, 0.3) is 0 Å². The van der Waals surface area contributed by atoms with Crippen molar-refractivity contribution in [2.24, 2.45) is 0 Å². The van der Waals surface area contributed by atoms with Crippen molar-refractivity contribution in [3.8, 4) is 5.75 Å². The summed E-state index contributed by atoms with van der Waals surface area (Å²) in [5.41, 5.74) is 3.32. The van der Waals surface area contributed by atoms with E-state index < -0.39 is 6.10 Å². The van der Waals surface area contributed by atoms with Crippen molar-refractivity contribution in [3.05, 3.63) is 65.2 Å². The molecule has 112 valence electrons. The lowest BCUT2D eigenvalue weighted by Crippen LogP contribution is -2.02. The molecule has 0 aliphatic carbocycles. The van der Waals surface area contributed by atoms with Gasteiger partial charge < -0.3 is 9.84 Å². The molecule has 2 heteroatoms. The van der Waals surface area contributed by atoms with E-state index in [9.17, 15) is 5.11 Å². The van der Waals surface area contributed by atoms with Gasteiger partial charge in [0.2, 0.25) is 0 Å². The molecule has 0 heterocycles. The molecule has 1 atom stereocenters. The summed E-state index contributed by atoms with van der Waals surface area (Å²) in [6.07, 6.45) is 2.36. The summed E-state index contributed by atoms with van der Waals surface area (Å²) in [6.45, 7) is 4.97. The molecule has 1 N–H and O–H groups in total. The summed E-state index contributed by atoms with van der Waals surface area (Å²) >= 11 is 0. The molecule has 0 spiro atoms. The zero-order valence-electron chi connectivity index (χ0n) is 12.9. The Morgan fingerprint density at radius 1 is 1.00 bits per heavy atom. The zero-order chi connectivity index (χ0) is 15.1. The first-order valence-corrected chi connectivity index (χ1v) is 7.65. The number of aliphatic hydroxyl groups excluding tert-OH is 1. The highest BCUT2D eigenvalue weighted by molar-refractivity contribution is 5.30. The van der Waals surface area contributed by atoms with E-state index in [4.69, 9.17) is 4.74 Å². The first-order chi connectivity index (χ1) is 10.2. The third-order valence-corrected chi connectivity index (χ3v) is 3.58. The van der Waals surface area contributed by atoms with Crippen LogP contribution in [0, 0.1) is 6.92 Å². The second-order valence-electron chi connectivity index (χ2n) is 5.48. The molecule has 0 saturated carbocycles. The lowest BCUT2D eigenvalue weighted by Gasteiger charge is -2.12. The number of hydrogen-bond acceptors (Lipinski definition) is 2. The monoisotopic (exact) mass is 284 g/mol. The highest BCUT2D eigenvalue weighted by Crippen LogP contribution is 2.21. The standard InChI is InChI=1S/C19H24O2/c1-3-4-13-21-18-11-9-17(10-12-18)19(20)14-16-7-5-15(2)6-8-16/h5-12,19-20H,3-4,13-14H2,1-2H3. The van der Waals surface area contributed by atoms with Gasteiger partial charge in [0.1, 0.15) is 5.75 Å². The van der Waals surface area contributed by atoms with Gasteiger partial charge in [-0.15, -0.1) is 0 Å². The van der Waals surface area contributed by atoms with E-state index in [1.165, 1.54) is 5.56 Å². The van der Waals surface area contributed by atoms with E-state index >= 15 is 0 Å². The molecule has 0 saturated heterocycles. The molecule has 0 aromatic heterocycles. The van der Waals surface area contributed by atoms with E-state index in [1.807, 2.05) is 24.3 Å². The van der Waals surface area contributed by atoms with Gasteiger partial charge in [-0.1, -0.05) is 55.3 Å². The number of aliphatic hydroxyl groups is 1. The Kier molecular flexibility index (Phi) is 5.82. The third kappa shape index (κ3) is 4.91. The van der Waals surface area contributed by atoms with E-state index in [1.54, 1.807) is 0 Å². The maximum atomic E-state index is 10.3. The summed E-state index contributed by atoms with van der Waals surface area (Å²) in [5, 5.41) is 10.3. The van der Waals surface area contributed by atoms with Crippen molar-refractivity contribution < 1.29 is 9.84 Å². The third-order valence-electron chi connectivity index (χ3n) is 3.58. The number of aryl methyl sites for hydroxylation is 1. The highest BCUT2D eigenvalue weighted by Gasteiger charge is 2.08. The van der Waals surface area contributed by atoms with Crippen molar-refractivity contribution in [2.75, 3.05) is 6.61 Å². The van der Waals surface area contributed by atoms with E-state index in [2.05, 4.69) is 38.1 Å². The van der Waals surface area contributed by atoms with Crippen LogP contribution >= 0.6 is 0 Å². The lowest BCUT2D eigenvalue weighted by molar-refractivity contribution is 0.178. The first-order valence-electron chi connectivity index (χ1n) is 7.65. The van der Waals surface area contributed by atoms with Crippen molar-refractivity contribution in [3.63, 3.8) is 0 Å². The van der Waals surface area contributed by atoms with Crippen LogP contribution in [-0.2, 0) is 6.42 Å². The lowest BCUT2D eigenvalue weighted by atomic mass is 10.0. The molecule has 2 aromatic carbocycles. The first kappa shape index (κ1) is 15.6. The Hall–Kier alpha value is -1.80. The fraction of sp³-hybridized carbons (Fsp3) is 0.368. The van der Waals surface area contributed by atoms with Gasteiger partial charge in [-0.25, -0.2) is 0 Å². The average molecular weight is 284 g/mol. The number of ether oxygens (including phenoxy) is 1. The van der Waals surface area contributed by atoms with Gasteiger partial charge in [-0.2, -0.15) is 0 Å². The second kappa shape index (κ2) is 7.84. The molecule has 0 radical (unpaired) electrons. The van der Waals surface area contributed by atoms with Crippen LogP contribution in [0.4, 0.5) is 0 Å². The maximum absolute atomic E-state index is 10.3. The van der Waals surface area contributed by atoms with Crippen LogP contribution in [0.15, 0.2) is 48.5 Å². The predicted octanol–water partition coefficient (Wildman–Crippen LogP) is 4.45. The fourth-order valence-electron chi connectivity index (χ4n) is 2.19. The molecule has 0 fully saturated rings. The van der Waals surface area contributed by atoms with Crippen molar-refractivity contribution in [1.82, 2.24) is 0 Å². The van der Waals surface area contributed by atoms with Gasteiger partial charge in [0.05, 0.1) is 12.7 Å². The SMILES string of the molecule is CCCCOc1ccc(C(O)Cc2ccc(C)cc2)cc1. The van der Waals surface area contributed by atoms with Gasteiger partial charge in [-0.3, -0.25) is 0 Å². The van der Waals surface area contributed by atoms with Gasteiger partial charge in [0.15, 0.2) is 0 Å². The predicted molar refractivity (Wildman–Crippen MR) is 86.7 cm³/mol. The van der Waals surface area contributed by atoms with Crippen LogP contribution in [0.2, 0.25) is 0 Å². The Balaban J connectivity index is 1.93. The second-order valence-corrected chi connectivity index (χ2v) is 5.48. The van der Waals surface area contributed by atoms with E-state index in [0.29, 0.717) is 6.42 Å². The summed E-state index contributed by atoms with van der Waals surface area (Å²) < 4.78 is 5.63. The van der Waals surface area contributed by atoms with Gasteiger partial charge in [-0.05, 0) is 36.6 Å². The Morgan fingerprint density at radius 2 is 1.67 bits per heavy atom. The van der Waals surface area contributed by atoms with Crippen molar-refractivity contribution in [1.29, 1.82) is 0 Å². The molecule has 0 aliphatic heterocycles. The van der Waals surface area contributed by atoms with Crippen LogP contribution in [0.3, 0.4) is 0 Å². The summed E-state index contributed by atoms with van der Waals surface area (Å²) in [5.74, 6) is 0.870. The van der Waals surface area contributed by atoms with E-state index in [-0.39, 0.29) is 0 Å². The molecule has 1 unspecified atom stereocenters. The van der Waals surface area contributed by atoms with E-state index in [0.717, 1.165) is 36.3 Å². The normalized spacial score (nSPS) is 12.1. The van der Waals surface area contributed by atoms with Crippen molar-refractivity contribution in [2.45, 2.75) is 39.2 Å². The number of benzene rings is 2. The largest absolute Gasteiger partial charge is 0.494 e. The highest BCUT2D eigenvalue weighted by atomic mass is 16.5. The molecule has 2 nitrogen and oxygen atoms in total. The maximum Gasteiger partial charge on any atom is 0.119 e. The van der Waals surface area contributed by atoms with Crippen LogP contribution in [0.5, 0.6) is 5.75 Å². The molecular weight excluding hydrogens is 260 g/mol. The van der Waals surface area contributed by atoms with Crippen LogP contribution in [0.1, 0.15) is 42.6 Å². The number of unbranched alkanes of at least 4 members (excludes halogenated alkanes) is 1. The van der Waals surface area contributed by atoms with Crippen molar-refractivity contribution >= 4 is 0 Å². The Morgan fingerprint density at radius 3 is 2.29 bits per heavy atom. The summed E-state index contributed by atoms with van der Waals surface area (Å²) in [7, 11) is 0. The smallest absolute Gasteiger partial charge is 0.119 e. The molecule has 0 aliphatic rings. The molecule has 21 heavy (non-hydrogen) atoms. The number of rotatable bonds is 7. The quantitative estimate of drug-likeness (QED) is 0.761. The Labute approximate surface area is 127 Å². The van der Waals surface area contributed by atoms with Gasteiger partial charge in [0, 0.05) is 6.42 Å². The minimum atomic E-state index is -0.475. The van der Waals surface area contributed by atoms with Gasteiger partial charge >= 0.3 is 0 Å². The molecule has 0 bridgehead atoms. The van der Waals surface area contributed by atoms with Crippen LogP contribution < -0.4 is 4.74 Å². The zero-order valence-corrected chi connectivity index (χ0v) is 12.9. The molecule has 2 aromatic rings. The van der Waals surface area contributed by atoms with Crippen LogP contribution in [-0.4, -0.2) is 11.7 Å². The Bertz CT molecular complexity index is 528. The van der Waals surface area contributed by atoms with Crippen LogP contribution in [0.25, 0.3) is 0 Å². The minimum absolute atomic E-state index is 0.475. The molecular formula is C19H24O2. The molecule has 2 rings (SSSR count). The summed E-state index contributed by atoms with van der Waals surface area (Å²) in [6, 6.07) is 16.0. The summed E-state index contributed by atoms with van der Waals surface area (Å²) in [4.78, 5) is 0.